The predicted octanol–water partition coefficient (Wildman–Crippen LogP) is 3.68. The maximum atomic E-state index is 12.7. The molecule has 2 aromatic carbocycles. The standard InChI is InChI=1S/C19H17Cl2N5O5S3/c20-12-3-8-15(16(21)11-12)17(27)22-18-23-24-19(32-18)33(28,29)25-13-4-6-14(7-5-13)34(30,31)26-9-1-2-10-26/h3-8,11,25H,1-2,9-10H2,(H,22,23,27). The molecular formula is C19H17Cl2N5O5S3. The van der Waals surface area contributed by atoms with E-state index in [2.05, 4.69) is 20.2 Å². The summed E-state index contributed by atoms with van der Waals surface area (Å²) in [6.45, 7) is 0.938. The SMILES string of the molecule is O=C(Nc1nnc(S(=O)(=O)Nc2ccc(S(=O)(=O)N3CCCC3)cc2)s1)c1ccc(Cl)cc1Cl. The molecule has 1 aromatic heterocycles. The second kappa shape index (κ2) is 9.76. The predicted molar refractivity (Wildman–Crippen MR) is 130 cm³/mol. The van der Waals surface area contributed by atoms with Gasteiger partial charge in [-0.1, -0.05) is 34.5 Å². The van der Waals surface area contributed by atoms with Gasteiger partial charge in [-0.3, -0.25) is 14.8 Å². The lowest BCUT2D eigenvalue weighted by Gasteiger charge is -2.15. The molecule has 0 spiro atoms. The first kappa shape index (κ1) is 24.8. The van der Waals surface area contributed by atoms with Gasteiger partial charge in [-0.2, -0.15) is 12.7 Å². The molecule has 0 bridgehead atoms. The molecule has 0 atom stereocenters. The summed E-state index contributed by atoms with van der Waals surface area (Å²) in [5, 5.41) is 10.2. The number of hydrogen-bond donors (Lipinski definition) is 2. The zero-order chi connectivity index (χ0) is 24.5. The molecule has 1 aliphatic heterocycles. The Bertz CT molecular complexity index is 1440. The Balaban J connectivity index is 1.45. The van der Waals surface area contributed by atoms with Gasteiger partial charge in [0.25, 0.3) is 20.3 Å². The summed E-state index contributed by atoms with van der Waals surface area (Å²) in [4.78, 5) is 12.5. The van der Waals surface area contributed by atoms with Gasteiger partial charge in [-0.15, -0.1) is 10.2 Å². The van der Waals surface area contributed by atoms with Crippen LogP contribution in [0.15, 0.2) is 51.7 Å². The molecule has 1 saturated heterocycles. The molecule has 180 valence electrons. The molecule has 0 saturated carbocycles. The zero-order valence-electron chi connectivity index (χ0n) is 17.2. The van der Waals surface area contributed by atoms with Gasteiger partial charge in [0.15, 0.2) is 0 Å². The average Bonchev–Trinajstić information content (AvgIpc) is 3.47. The number of hydrogen-bond acceptors (Lipinski definition) is 8. The minimum absolute atomic E-state index is 0.0524. The van der Waals surface area contributed by atoms with Gasteiger partial charge >= 0.3 is 0 Å². The summed E-state index contributed by atoms with van der Waals surface area (Å²) in [5.74, 6) is -0.607. The zero-order valence-corrected chi connectivity index (χ0v) is 21.2. The normalized spacial score (nSPS) is 14.8. The number of aromatic nitrogens is 2. The second-order valence-corrected chi connectivity index (χ2v) is 12.8. The molecule has 1 fully saturated rings. The number of rotatable bonds is 7. The Hall–Kier alpha value is -2.29. The van der Waals surface area contributed by atoms with Crippen molar-refractivity contribution in [3.63, 3.8) is 0 Å². The largest absolute Gasteiger partial charge is 0.296 e. The number of amides is 1. The van der Waals surface area contributed by atoms with Crippen LogP contribution in [0.5, 0.6) is 0 Å². The maximum absolute atomic E-state index is 12.7. The molecule has 1 amide bonds. The van der Waals surface area contributed by atoms with Crippen LogP contribution in [0.4, 0.5) is 10.8 Å². The Morgan fingerprint density at radius 1 is 0.971 bits per heavy atom. The molecule has 0 aliphatic carbocycles. The van der Waals surface area contributed by atoms with Crippen molar-refractivity contribution in [2.75, 3.05) is 23.1 Å². The van der Waals surface area contributed by atoms with Crippen LogP contribution in [0.1, 0.15) is 23.2 Å². The number of carbonyl (C=O) groups excluding carboxylic acids is 1. The number of halogens is 2. The Kier molecular flexibility index (Phi) is 7.12. The van der Waals surface area contributed by atoms with Crippen LogP contribution in [0.2, 0.25) is 10.0 Å². The van der Waals surface area contributed by atoms with Crippen LogP contribution in [0, 0.1) is 0 Å². The molecular weight excluding hydrogens is 545 g/mol. The van der Waals surface area contributed by atoms with Crippen molar-refractivity contribution in [3.05, 3.63) is 58.1 Å². The van der Waals surface area contributed by atoms with Crippen molar-refractivity contribution in [1.82, 2.24) is 14.5 Å². The topological polar surface area (TPSA) is 138 Å². The first-order valence-electron chi connectivity index (χ1n) is 9.79. The number of anilines is 2. The van der Waals surface area contributed by atoms with Crippen molar-refractivity contribution in [2.45, 2.75) is 22.1 Å². The summed E-state index contributed by atoms with van der Waals surface area (Å²) in [6, 6.07) is 9.71. The van der Waals surface area contributed by atoms with Gasteiger partial charge in [0, 0.05) is 23.8 Å². The second-order valence-electron chi connectivity index (χ2n) is 7.19. The molecule has 15 heteroatoms. The number of nitrogens with zero attached hydrogens (tertiary/aromatic N) is 3. The first-order chi connectivity index (χ1) is 16.1. The van der Waals surface area contributed by atoms with Crippen molar-refractivity contribution in [2.24, 2.45) is 0 Å². The minimum atomic E-state index is -4.13. The molecule has 0 unspecified atom stereocenters. The van der Waals surface area contributed by atoms with E-state index in [9.17, 15) is 21.6 Å². The highest BCUT2D eigenvalue weighted by Gasteiger charge is 2.27. The number of benzene rings is 2. The molecule has 34 heavy (non-hydrogen) atoms. The van der Waals surface area contributed by atoms with Crippen molar-refractivity contribution in [1.29, 1.82) is 0 Å². The summed E-state index contributed by atoms with van der Waals surface area (Å²) in [7, 11) is -7.74. The van der Waals surface area contributed by atoms with E-state index < -0.39 is 30.3 Å². The lowest BCUT2D eigenvalue weighted by Crippen LogP contribution is -2.27. The van der Waals surface area contributed by atoms with E-state index in [0.29, 0.717) is 29.4 Å². The van der Waals surface area contributed by atoms with Crippen molar-refractivity contribution >= 4 is 71.3 Å². The molecule has 4 rings (SSSR count). The smallest absolute Gasteiger partial charge is 0.291 e. The Morgan fingerprint density at radius 2 is 1.65 bits per heavy atom. The number of sulfonamides is 2. The molecule has 2 heterocycles. The fourth-order valence-corrected chi connectivity index (χ4v) is 7.14. The summed E-state index contributed by atoms with van der Waals surface area (Å²) in [5.41, 5.74) is 0.280. The van der Waals surface area contributed by atoms with Crippen LogP contribution in [0.3, 0.4) is 0 Å². The molecule has 10 nitrogen and oxygen atoms in total. The van der Waals surface area contributed by atoms with Gasteiger partial charge in [-0.05, 0) is 55.3 Å². The highest BCUT2D eigenvalue weighted by molar-refractivity contribution is 7.94. The molecule has 3 aromatic rings. The summed E-state index contributed by atoms with van der Waals surface area (Å²) in [6.07, 6.45) is 1.63. The molecule has 1 aliphatic rings. The van der Waals surface area contributed by atoms with E-state index in [1.54, 1.807) is 0 Å². The maximum Gasteiger partial charge on any atom is 0.291 e. The number of carbonyl (C=O) groups is 1. The van der Waals surface area contributed by atoms with Crippen LogP contribution < -0.4 is 10.0 Å². The third-order valence-corrected chi connectivity index (χ3v) is 9.89. The highest BCUT2D eigenvalue weighted by Crippen LogP contribution is 2.27. The van der Waals surface area contributed by atoms with E-state index in [1.807, 2.05) is 0 Å². The van der Waals surface area contributed by atoms with Crippen LogP contribution in [0.25, 0.3) is 0 Å². The van der Waals surface area contributed by atoms with E-state index in [1.165, 1.54) is 46.8 Å². The van der Waals surface area contributed by atoms with E-state index in [0.717, 1.165) is 12.8 Å². The van der Waals surface area contributed by atoms with Gasteiger partial charge in [-0.25, -0.2) is 8.42 Å². The molecule has 0 radical (unpaired) electrons. The van der Waals surface area contributed by atoms with Crippen molar-refractivity contribution < 1.29 is 21.6 Å². The van der Waals surface area contributed by atoms with Gasteiger partial charge in [0.2, 0.25) is 15.2 Å². The lowest BCUT2D eigenvalue weighted by atomic mass is 10.2. The van der Waals surface area contributed by atoms with Crippen LogP contribution in [-0.4, -0.2) is 50.3 Å². The summed E-state index contributed by atoms with van der Waals surface area (Å²) < 4.78 is 53.9. The monoisotopic (exact) mass is 561 g/mol. The fraction of sp³-hybridized carbons (Fsp3) is 0.211. The highest BCUT2D eigenvalue weighted by atomic mass is 35.5. The van der Waals surface area contributed by atoms with Gasteiger partial charge in [0.1, 0.15) is 0 Å². The first-order valence-corrected chi connectivity index (χ1v) is 14.3. The lowest BCUT2D eigenvalue weighted by molar-refractivity contribution is 0.102. The molecule has 2 N–H and O–H groups in total. The van der Waals surface area contributed by atoms with Gasteiger partial charge in [0.05, 0.1) is 15.5 Å². The van der Waals surface area contributed by atoms with E-state index in [4.69, 9.17) is 23.2 Å². The Labute approximate surface area is 210 Å². The van der Waals surface area contributed by atoms with E-state index >= 15 is 0 Å². The van der Waals surface area contributed by atoms with Crippen molar-refractivity contribution in [3.8, 4) is 0 Å². The van der Waals surface area contributed by atoms with E-state index in [-0.39, 0.29) is 26.3 Å². The Morgan fingerprint density at radius 3 is 2.29 bits per heavy atom. The third-order valence-electron chi connectivity index (χ3n) is 4.84. The minimum Gasteiger partial charge on any atom is -0.296 e. The van der Waals surface area contributed by atoms with Crippen LogP contribution in [-0.2, 0) is 20.0 Å². The third kappa shape index (κ3) is 5.34. The summed E-state index contributed by atoms with van der Waals surface area (Å²) >= 11 is 12.5. The fourth-order valence-electron chi connectivity index (χ4n) is 3.18. The quantitative estimate of drug-likeness (QED) is 0.419. The van der Waals surface area contributed by atoms with Gasteiger partial charge < -0.3 is 0 Å². The average molecular weight is 562 g/mol. The van der Waals surface area contributed by atoms with Crippen LogP contribution >= 0.6 is 34.5 Å². The number of nitrogens with one attached hydrogen (secondary N) is 2.